The molecule has 0 bridgehead atoms. The van der Waals surface area contributed by atoms with Crippen LogP contribution in [0, 0.1) is 0 Å². The van der Waals surface area contributed by atoms with Crippen molar-refractivity contribution < 1.29 is 54.2 Å². The fraction of sp³-hybridized carbons (Fsp3) is 0. The van der Waals surface area contributed by atoms with E-state index in [0.29, 0.717) is 25.4 Å². The molecule has 0 saturated carbocycles. The summed E-state index contributed by atoms with van der Waals surface area (Å²) in [5, 5.41) is 37.8. The van der Waals surface area contributed by atoms with Crippen LogP contribution in [0.5, 0.6) is 0 Å². The Labute approximate surface area is 250 Å². The number of carbonyl (C=O) groups excluding carboxylic acids is 1. The van der Waals surface area contributed by atoms with E-state index >= 15 is 0 Å². The zero-order valence-electron chi connectivity index (χ0n) is 21.8. The van der Waals surface area contributed by atoms with Crippen molar-refractivity contribution in [2.45, 2.75) is 0 Å². The largest absolute Gasteiger partial charge is 0.144 e. The van der Waals surface area contributed by atoms with Crippen molar-refractivity contribution in [3.8, 4) is 0 Å². The van der Waals surface area contributed by atoms with Crippen molar-refractivity contribution in [2.24, 2.45) is 0 Å². The number of hydrogen-bond donors (Lipinski definition) is 6. The summed E-state index contributed by atoms with van der Waals surface area (Å²) in [5.74, 6) is -0.107. The summed E-state index contributed by atoms with van der Waals surface area (Å²) in [6.45, 7) is 0. The maximum absolute atomic E-state index is 10.8. The molecule has 0 atom stereocenters. The normalized spacial score (nSPS) is 12.1. The summed E-state index contributed by atoms with van der Waals surface area (Å²) >= 11 is 0.700. The Morgan fingerprint density at radius 1 is 0.537 bits per heavy atom. The van der Waals surface area contributed by atoms with Crippen LogP contribution in [0.1, 0.15) is 0 Å². The predicted octanol–water partition coefficient (Wildman–Crippen LogP) is 4.76. The van der Waals surface area contributed by atoms with Gasteiger partial charge in [-0.05, 0) is 60.7 Å². The Hall–Kier alpha value is -3.71. The van der Waals surface area contributed by atoms with Crippen LogP contribution in [0.3, 0.4) is 0 Å². The molecule has 1 aliphatic rings. The Morgan fingerprint density at radius 3 is 1.10 bits per heavy atom. The Kier molecular flexibility index (Phi) is 18.2. The summed E-state index contributed by atoms with van der Waals surface area (Å²) in [6, 6.07) is 43.8. The van der Waals surface area contributed by atoms with Crippen molar-refractivity contribution in [3.05, 3.63) is 157 Å². The van der Waals surface area contributed by atoms with Gasteiger partial charge in [0.2, 0.25) is 0 Å². The van der Waals surface area contributed by atoms with Gasteiger partial charge in [-0.3, -0.25) is 36.5 Å². The molecule has 41 heavy (non-hydrogen) atoms. The standard InChI is InChI=1S/C24H20P.C7H7NO2.Mo.2H2O2.O/c1-5-13-21(14-6-1)25(22-15-7-2-8-16-22,23-17-9-3-10-18-23)24-19-11-4-12-20-24;9-7-4-2-1-3-6(7)5-8-10;;2*1-2;/h1-20H;1-5,8,10H;;2*1-2H;/q+1;;;;;/b;6-5-;;;;. The number of hydrogen-bond acceptors (Lipinski definition) is 8. The number of rotatable bonds is 5. The molecular formula is C31H31MoNO7P+. The molecule has 0 spiro atoms. The van der Waals surface area contributed by atoms with Gasteiger partial charge in [0, 0.05) is 11.8 Å². The van der Waals surface area contributed by atoms with Crippen molar-refractivity contribution in [1.82, 2.24) is 5.48 Å². The van der Waals surface area contributed by atoms with E-state index in [1.165, 1.54) is 33.5 Å². The second-order valence-electron chi connectivity index (χ2n) is 7.82. The molecule has 0 heterocycles. The minimum Gasteiger partial charge on any atom is -0.0620 e. The number of ketones is 1. The van der Waals surface area contributed by atoms with Crippen molar-refractivity contribution >= 4 is 34.3 Å². The van der Waals surface area contributed by atoms with Gasteiger partial charge in [-0.1, -0.05) is 84.9 Å². The van der Waals surface area contributed by atoms with E-state index in [1.54, 1.807) is 23.7 Å². The molecule has 6 N–H and O–H groups in total. The number of carbonyl (C=O) groups is 1. The molecule has 0 unspecified atom stereocenters. The van der Waals surface area contributed by atoms with Gasteiger partial charge in [0.05, 0.1) is 0 Å². The van der Waals surface area contributed by atoms with Gasteiger partial charge in [0.1, 0.15) is 28.5 Å². The summed E-state index contributed by atoms with van der Waals surface area (Å²) in [7, 11) is -1.91. The second kappa shape index (κ2) is 21.1. The van der Waals surface area contributed by atoms with E-state index in [9.17, 15) is 4.79 Å². The molecule has 8 nitrogen and oxygen atoms in total. The van der Waals surface area contributed by atoms with E-state index in [2.05, 4.69) is 121 Å². The van der Waals surface area contributed by atoms with E-state index in [1.807, 2.05) is 0 Å². The van der Waals surface area contributed by atoms with Crippen LogP contribution < -0.4 is 26.7 Å². The van der Waals surface area contributed by atoms with Crippen molar-refractivity contribution in [1.29, 1.82) is 0 Å². The monoisotopic (exact) mass is 658 g/mol. The summed E-state index contributed by atoms with van der Waals surface area (Å²) < 4.78 is 8.26. The maximum atomic E-state index is 10.8. The first kappa shape index (κ1) is 35.3. The zero-order chi connectivity index (χ0) is 30.3. The Morgan fingerprint density at radius 2 is 0.829 bits per heavy atom. The van der Waals surface area contributed by atoms with Crippen LogP contribution in [0.15, 0.2) is 157 Å². The van der Waals surface area contributed by atoms with E-state index in [-0.39, 0.29) is 5.78 Å². The number of hydroxylamine groups is 1. The number of allylic oxidation sites excluding steroid dienone is 5. The molecule has 4 aromatic rings. The minimum absolute atomic E-state index is 0.107. The van der Waals surface area contributed by atoms with Crippen LogP contribution in [0.4, 0.5) is 0 Å². The van der Waals surface area contributed by atoms with Crippen molar-refractivity contribution in [2.75, 3.05) is 0 Å². The van der Waals surface area contributed by atoms with Gasteiger partial charge >= 0.3 is 23.2 Å². The Bertz CT molecular complexity index is 1190. The summed E-state index contributed by atoms with van der Waals surface area (Å²) in [6.07, 6.45) is 7.67. The van der Waals surface area contributed by atoms with Crippen LogP contribution in [-0.4, -0.2) is 32.0 Å². The van der Waals surface area contributed by atoms with E-state index in [4.69, 9.17) is 29.6 Å². The van der Waals surface area contributed by atoms with Crippen LogP contribution in [0.2, 0.25) is 0 Å². The van der Waals surface area contributed by atoms with Crippen LogP contribution in [-0.2, 0) is 28.0 Å². The van der Waals surface area contributed by atoms with Crippen LogP contribution >= 0.6 is 7.26 Å². The van der Waals surface area contributed by atoms with E-state index < -0.39 is 7.26 Å². The summed E-state index contributed by atoms with van der Waals surface area (Å²) in [4.78, 5) is 10.8. The van der Waals surface area contributed by atoms with Gasteiger partial charge in [0.15, 0.2) is 5.78 Å². The molecule has 4 aromatic carbocycles. The molecule has 0 fully saturated rings. The average molecular weight is 657 g/mol. The molecule has 0 saturated heterocycles. The second-order valence-corrected chi connectivity index (χ2v) is 11.2. The first-order valence-corrected chi connectivity index (χ1v) is 14.5. The molecule has 0 aliphatic heterocycles. The van der Waals surface area contributed by atoms with Gasteiger partial charge in [-0.25, -0.2) is 0 Å². The molecule has 0 aromatic heterocycles. The van der Waals surface area contributed by atoms with Gasteiger partial charge in [0.25, 0.3) is 0 Å². The topological polar surface area (TPSA) is 147 Å². The molecule has 10 heteroatoms. The SMILES string of the molecule is O=C1C=CC=C/C1=C/NO.OO.OO.[O]=[Mo].c1ccc([P+](c2ccccc2)(c2ccccc2)c2ccccc2)cc1. The molecule has 0 radical (unpaired) electrons. The first-order chi connectivity index (χ1) is 20.3. The molecule has 1 aliphatic carbocycles. The fourth-order valence-corrected chi connectivity index (χ4v) is 8.44. The smallest absolute Gasteiger partial charge is 0.0620 e. The minimum atomic E-state index is -1.91. The third-order valence-corrected chi connectivity index (χ3v) is 10.0. The molecule has 0 amide bonds. The van der Waals surface area contributed by atoms with Crippen molar-refractivity contribution in [3.63, 3.8) is 0 Å². The first-order valence-electron chi connectivity index (χ1n) is 11.9. The quantitative estimate of drug-likeness (QED) is 0.0593. The predicted molar refractivity (Wildman–Crippen MR) is 159 cm³/mol. The van der Waals surface area contributed by atoms with Crippen LogP contribution in [0.25, 0.3) is 0 Å². The fourth-order valence-electron chi connectivity index (χ4n) is 4.17. The molecule has 212 valence electrons. The van der Waals surface area contributed by atoms with Gasteiger partial charge in [-0.2, -0.15) is 0 Å². The van der Waals surface area contributed by atoms with Gasteiger partial charge < -0.3 is 0 Å². The molecule has 5 rings (SSSR count). The maximum Gasteiger partial charge on any atom is 0.144 e. The third-order valence-electron chi connectivity index (χ3n) is 5.71. The zero-order valence-corrected chi connectivity index (χ0v) is 24.7. The molecular weight excluding hydrogens is 625 g/mol. The number of nitrogens with one attached hydrogen (secondary N) is 1. The third kappa shape index (κ3) is 9.71. The summed E-state index contributed by atoms with van der Waals surface area (Å²) in [5.41, 5.74) is 2.25. The Balaban J connectivity index is 0.000000441. The van der Waals surface area contributed by atoms with Gasteiger partial charge in [-0.15, -0.1) is 0 Å². The average Bonchev–Trinajstić information content (AvgIpc) is 3.08. The van der Waals surface area contributed by atoms with E-state index in [0.717, 1.165) is 0 Å². The number of benzene rings is 4.